The number of morpholine rings is 1. The van der Waals surface area contributed by atoms with Gasteiger partial charge in [-0.2, -0.15) is 0 Å². The molecule has 1 aromatic heterocycles. The predicted octanol–water partition coefficient (Wildman–Crippen LogP) is 4.33. The van der Waals surface area contributed by atoms with Gasteiger partial charge in [0.2, 0.25) is 5.91 Å². The van der Waals surface area contributed by atoms with Crippen molar-refractivity contribution >= 4 is 34.1 Å². The fourth-order valence-electron chi connectivity index (χ4n) is 3.57. The first-order chi connectivity index (χ1) is 14.7. The van der Waals surface area contributed by atoms with E-state index in [9.17, 15) is 4.79 Å². The Morgan fingerprint density at radius 3 is 2.77 bits per heavy atom. The van der Waals surface area contributed by atoms with E-state index in [0.717, 1.165) is 23.0 Å². The van der Waals surface area contributed by atoms with Crippen LogP contribution in [0.15, 0.2) is 72.9 Å². The lowest BCUT2D eigenvalue weighted by atomic mass is 10.0. The number of carbonyl (C=O) groups is 1. The van der Waals surface area contributed by atoms with Gasteiger partial charge in [-0.3, -0.25) is 9.78 Å². The maximum absolute atomic E-state index is 12.6. The van der Waals surface area contributed by atoms with Crippen molar-refractivity contribution in [2.24, 2.45) is 0 Å². The molecule has 2 heterocycles. The third-order valence-electron chi connectivity index (χ3n) is 5.14. The molecule has 3 aromatic rings. The minimum atomic E-state index is -0.0568. The lowest BCUT2D eigenvalue weighted by Crippen LogP contribution is -2.40. The van der Waals surface area contributed by atoms with Crippen LogP contribution in [0, 0.1) is 0 Å². The molecule has 2 aromatic carbocycles. The van der Waals surface area contributed by atoms with E-state index in [1.165, 1.54) is 5.56 Å². The smallest absolute Gasteiger partial charge is 0.246 e. The number of rotatable bonds is 6. The van der Waals surface area contributed by atoms with Gasteiger partial charge in [0.25, 0.3) is 0 Å². The summed E-state index contributed by atoms with van der Waals surface area (Å²) < 4.78 is 5.34. The number of carbonyl (C=O) groups excluding carboxylic acids is 1. The second-order valence-electron chi connectivity index (χ2n) is 7.26. The van der Waals surface area contributed by atoms with Crippen LogP contribution in [0.4, 0.5) is 5.69 Å². The molecule has 1 fully saturated rings. The third-order valence-corrected chi connectivity index (χ3v) is 5.37. The van der Waals surface area contributed by atoms with Gasteiger partial charge < -0.3 is 15.0 Å². The molecule has 1 amide bonds. The number of hydrogen-bond donors (Lipinski definition) is 1. The number of ether oxygens (including phenoxy) is 1. The third kappa shape index (κ3) is 5.17. The zero-order valence-corrected chi connectivity index (χ0v) is 17.4. The van der Waals surface area contributed by atoms with Crippen LogP contribution in [0.3, 0.4) is 0 Å². The highest BCUT2D eigenvalue weighted by Gasteiger charge is 2.15. The van der Waals surface area contributed by atoms with E-state index in [2.05, 4.69) is 22.4 Å². The lowest BCUT2D eigenvalue weighted by Gasteiger charge is -2.26. The number of amides is 1. The summed E-state index contributed by atoms with van der Waals surface area (Å²) in [5.41, 5.74) is 2.99. The van der Waals surface area contributed by atoms with E-state index < -0.39 is 0 Å². The van der Waals surface area contributed by atoms with Crippen LogP contribution in [-0.4, -0.2) is 48.1 Å². The highest BCUT2D eigenvalue weighted by Crippen LogP contribution is 2.25. The molecule has 1 atom stereocenters. The maximum Gasteiger partial charge on any atom is 0.246 e. The molecular weight excluding hydrogens is 398 g/mol. The Morgan fingerprint density at radius 2 is 1.97 bits per heavy atom. The Bertz CT molecular complexity index is 1030. The number of aromatic nitrogens is 1. The first kappa shape index (κ1) is 20.4. The van der Waals surface area contributed by atoms with Crippen molar-refractivity contribution in [3.05, 3.63) is 83.5 Å². The summed E-state index contributed by atoms with van der Waals surface area (Å²) in [5.74, 6) is 0.0181. The predicted molar refractivity (Wildman–Crippen MR) is 121 cm³/mol. The van der Waals surface area contributed by atoms with Crippen LogP contribution >= 0.6 is 11.6 Å². The van der Waals surface area contributed by atoms with Gasteiger partial charge in [-0.15, -0.1) is 0 Å². The molecule has 30 heavy (non-hydrogen) atoms. The van der Waals surface area contributed by atoms with E-state index in [4.69, 9.17) is 16.3 Å². The van der Waals surface area contributed by atoms with Gasteiger partial charge in [0.15, 0.2) is 0 Å². The minimum Gasteiger partial charge on any atom is -0.378 e. The Morgan fingerprint density at radius 1 is 1.17 bits per heavy atom. The highest BCUT2D eigenvalue weighted by atomic mass is 35.5. The molecule has 6 heteroatoms. The molecule has 0 aliphatic carbocycles. The summed E-state index contributed by atoms with van der Waals surface area (Å²) in [7, 11) is 0. The van der Waals surface area contributed by atoms with Crippen molar-refractivity contribution < 1.29 is 9.53 Å². The van der Waals surface area contributed by atoms with E-state index in [1.807, 2.05) is 53.4 Å². The molecule has 0 spiro atoms. The topological polar surface area (TPSA) is 54.5 Å². The van der Waals surface area contributed by atoms with Crippen LogP contribution in [0.25, 0.3) is 10.9 Å². The monoisotopic (exact) mass is 421 g/mol. The summed E-state index contributed by atoms with van der Waals surface area (Å²) >= 11 is 6.12. The molecule has 1 N–H and O–H groups in total. The second kappa shape index (κ2) is 9.74. The number of nitrogens with zero attached hydrogens (tertiary/aromatic N) is 2. The Hall–Kier alpha value is -2.89. The van der Waals surface area contributed by atoms with Crippen LogP contribution in [0.5, 0.6) is 0 Å². The number of hydrogen-bond acceptors (Lipinski definition) is 4. The average Bonchev–Trinajstić information content (AvgIpc) is 2.78. The maximum atomic E-state index is 12.6. The zero-order valence-electron chi connectivity index (χ0n) is 16.6. The molecule has 0 radical (unpaired) electrons. The SMILES string of the molecule is O=C(/C=C/C(Cc1ccccc1)Nc1ccnc2cc(Cl)ccc12)N1CCOCC1. The number of benzene rings is 2. The van der Waals surface area contributed by atoms with Crippen molar-refractivity contribution in [3.63, 3.8) is 0 Å². The van der Waals surface area contributed by atoms with Crippen molar-refractivity contribution in [1.29, 1.82) is 0 Å². The van der Waals surface area contributed by atoms with Gasteiger partial charge in [0.05, 0.1) is 18.7 Å². The lowest BCUT2D eigenvalue weighted by molar-refractivity contribution is -0.130. The van der Waals surface area contributed by atoms with E-state index in [0.29, 0.717) is 31.3 Å². The number of fused-ring (bicyclic) bond motifs is 1. The molecule has 0 bridgehead atoms. The largest absolute Gasteiger partial charge is 0.378 e. The standard InChI is InChI=1S/C24H24ClN3O2/c25-19-6-8-21-22(10-11-26-23(21)17-19)27-20(16-18-4-2-1-3-5-18)7-9-24(29)28-12-14-30-15-13-28/h1-11,17,20H,12-16H2,(H,26,27)/b9-7+. The fourth-order valence-corrected chi connectivity index (χ4v) is 3.74. The molecule has 5 nitrogen and oxygen atoms in total. The van der Waals surface area contributed by atoms with Gasteiger partial charge >= 0.3 is 0 Å². The summed E-state index contributed by atoms with van der Waals surface area (Å²) in [6.07, 6.45) is 6.15. The molecule has 1 unspecified atom stereocenters. The van der Waals surface area contributed by atoms with Gasteiger partial charge in [-0.25, -0.2) is 0 Å². The van der Waals surface area contributed by atoms with Gasteiger partial charge in [-0.1, -0.05) is 48.0 Å². The van der Waals surface area contributed by atoms with Crippen LogP contribution in [0.2, 0.25) is 5.02 Å². The van der Waals surface area contributed by atoms with Gasteiger partial charge in [0.1, 0.15) is 0 Å². The Kier molecular flexibility index (Phi) is 6.62. The Labute approximate surface area is 181 Å². The number of halogens is 1. The molecular formula is C24H24ClN3O2. The second-order valence-corrected chi connectivity index (χ2v) is 7.69. The number of nitrogens with one attached hydrogen (secondary N) is 1. The van der Waals surface area contributed by atoms with Crippen molar-refractivity contribution in [3.8, 4) is 0 Å². The molecule has 154 valence electrons. The first-order valence-electron chi connectivity index (χ1n) is 10.1. The highest BCUT2D eigenvalue weighted by molar-refractivity contribution is 6.31. The minimum absolute atomic E-state index is 0.0181. The Balaban J connectivity index is 1.57. The molecule has 0 saturated carbocycles. The molecule has 1 saturated heterocycles. The summed E-state index contributed by atoms with van der Waals surface area (Å²) in [6.45, 7) is 2.46. The van der Waals surface area contributed by atoms with Gasteiger partial charge in [0, 0.05) is 47.5 Å². The van der Waals surface area contributed by atoms with Crippen molar-refractivity contribution in [1.82, 2.24) is 9.88 Å². The molecule has 1 aliphatic heterocycles. The molecule has 1 aliphatic rings. The number of pyridine rings is 1. The molecule has 4 rings (SSSR count). The van der Waals surface area contributed by atoms with E-state index in [-0.39, 0.29) is 11.9 Å². The summed E-state index contributed by atoms with van der Waals surface area (Å²) in [4.78, 5) is 18.8. The normalized spacial score (nSPS) is 15.4. The summed E-state index contributed by atoms with van der Waals surface area (Å²) in [6, 6.07) is 17.8. The zero-order chi connectivity index (χ0) is 20.8. The quantitative estimate of drug-likeness (QED) is 0.602. The summed E-state index contributed by atoms with van der Waals surface area (Å²) in [5, 5.41) is 5.23. The van der Waals surface area contributed by atoms with Crippen molar-refractivity contribution in [2.45, 2.75) is 12.5 Å². The van der Waals surface area contributed by atoms with Crippen LogP contribution in [0.1, 0.15) is 5.56 Å². The fraction of sp³-hybridized carbons (Fsp3) is 0.250. The van der Waals surface area contributed by atoms with Crippen LogP contribution < -0.4 is 5.32 Å². The number of anilines is 1. The average molecular weight is 422 g/mol. The van der Waals surface area contributed by atoms with E-state index in [1.54, 1.807) is 12.3 Å². The van der Waals surface area contributed by atoms with Gasteiger partial charge in [-0.05, 0) is 36.2 Å². The van der Waals surface area contributed by atoms with Crippen LogP contribution in [-0.2, 0) is 16.0 Å². The van der Waals surface area contributed by atoms with Crippen molar-refractivity contribution in [2.75, 3.05) is 31.6 Å². The first-order valence-corrected chi connectivity index (χ1v) is 10.5. The van der Waals surface area contributed by atoms with E-state index >= 15 is 0 Å².